The molecule has 0 spiro atoms. The molecular weight excluding hydrogens is 354 g/mol. The lowest BCUT2D eigenvalue weighted by Gasteiger charge is -2.22. The lowest BCUT2D eigenvalue weighted by atomic mass is 10.1. The second kappa shape index (κ2) is 8.23. The molecule has 6 nitrogen and oxygen atoms in total. The fourth-order valence-electron chi connectivity index (χ4n) is 2.75. The molecule has 0 saturated heterocycles. The molecule has 0 aliphatic carbocycles. The quantitative estimate of drug-likeness (QED) is 0.716. The van der Waals surface area contributed by atoms with Crippen LogP contribution in [0.15, 0.2) is 41.3 Å². The molecule has 2 aromatic carbocycles. The molecule has 0 fully saturated rings. The number of amides is 1. The minimum atomic E-state index is -3.87. The van der Waals surface area contributed by atoms with E-state index >= 15 is 0 Å². The highest BCUT2D eigenvalue weighted by Crippen LogP contribution is 2.37. The number of aryl methyl sites for hydroxylation is 2. The van der Waals surface area contributed by atoms with Crippen LogP contribution < -0.4 is 14.8 Å². The molecule has 0 bridgehead atoms. The second-order valence-corrected chi connectivity index (χ2v) is 7.82. The van der Waals surface area contributed by atoms with Crippen molar-refractivity contribution in [3.05, 3.63) is 53.1 Å². The van der Waals surface area contributed by atoms with Gasteiger partial charge in [-0.25, -0.2) is 8.42 Å². The van der Waals surface area contributed by atoms with E-state index in [1.807, 2.05) is 13.8 Å². The highest BCUT2D eigenvalue weighted by molar-refractivity contribution is 7.91. The van der Waals surface area contributed by atoms with E-state index in [-0.39, 0.29) is 4.90 Å². The van der Waals surface area contributed by atoms with Crippen molar-refractivity contribution in [3.8, 4) is 11.5 Å². The van der Waals surface area contributed by atoms with Gasteiger partial charge in [-0.3, -0.25) is 4.79 Å². The monoisotopic (exact) mass is 377 g/mol. The maximum absolute atomic E-state index is 13.1. The SMILES string of the molecule is CCc1cc(C(NC=O)S(=O)(=O)c2ccc(C)cc2)c(OC)cc1OC. The van der Waals surface area contributed by atoms with Crippen molar-refractivity contribution in [2.75, 3.05) is 14.2 Å². The number of rotatable bonds is 8. The van der Waals surface area contributed by atoms with Crippen LogP contribution in [0.5, 0.6) is 11.5 Å². The van der Waals surface area contributed by atoms with E-state index < -0.39 is 15.2 Å². The Kier molecular flexibility index (Phi) is 6.26. The van der Waals surface area contributed by atoms with Crippen molar-refractivity contribution in [2.24, 2.45) is 0 Å². The number of benzene rings is 2. The molecule has 1 unspecified atom stereocenters. The van der Waals surface area contributed by atoms with Crippen LogP contribution in [-0.4, -0.2) is 29.0 Å². The zero-order valence-electron chi connectivity index (χ0n) is 15.3. The number of nitrogens with one attached hydrogen (secondary N) is 1. The molecule has 0 aliphatic heterocycles. The Morgan fingerprint density at radius 2 is 1.69 bits per heavy atom. The average Bonchev–Trinajstić information content (AvgIpc) is 2.65. The molecule has 26 heavy (non-hydrogen) atoms. The van der Waals surface area contributed by atoms with Crippen LogP contribution in [-0.2, 0) is 21.1 Å². The van der Waals surface area contributed by atoms with E-state index in [1.165, 1.54) is 26.4 Å². The van der Waals surface area contributed by atoms with E-state index in [1.54, 1.807) is 24.3 Å². The summed E-state index contributed by atoms with van der Waals surface area (Å²) in [6, 6.07) is 9.83. The third-order valence-electron chi connectivity index (χ3n) is 4.18. The Labute approximate surface area is 154 Å². The van der Waals surface area contributed by atoms with Gasteiger partial charge in [0.05, 0.1) is 19.1 Å². The highest BCUT2D eigenvalue weighted by Gasteiger charge is 2.32. The maximum Gasteiger partial charge on any atom is 0.208 e. The van der Waals surface area contributed by atoms with Crippen molar-refractivity contribution < 1.29 is 22.7 Å². The van der Waals surface area contributed by atoms with Gasteiger partial charge in [0.2, 0.25) is 16.2 Å². The van der Waals surface area contributed by atoms with Crippen molar-refractivity contribution in [3.63, 3.8) is 0 Å². The second-order valence-electron chi connectivity index (χ2n) is 5.78. The van der Waals surface area contributed by atoms with E-state index in [0.29, 0.717) is 29.9 Å². The van der Waals surface area contributed by atoms with Gasteiger partial charge in [-0.1, -0.05) is 24.6 Å². The van der Waals surface area contributed by atoms with Crippen LogP contribution in [0.3, 0.4) is 0 Å². The summed E-state index contributed by atoms with van der Waals surface area (Å²) in [7, 11) is -0.889. The summed E-state index contributed by atoms with van der Waals surface area (Å²) >= 11 is 0. The molecule has 1 atom stereocenters. The number of carbonyl (C=O) groups excluding carboxylic acids is 1. The van der Waals surface area contributed by atoms with E-state index in [9.17, 15) is 13.2 Å². The summed E-state index contributed by atoms with van der Waals surface area (Å²) in [6.45, 7) is 3.81. The fourth-order valence-corrected chi connectivity index (χ4v) is 4.29. The fraction of sp³-hybridized carbons (Fsp3) is 0.316. The van der Waals surface area contributed by atoms with Crippen molar-refractivity contribution >= 4 is 16.2 Å². The molecule has 140 valence electrons. The average molecular weight is 377 g/mol. The van der Waals surface area contributed by atoms with Gasteiger partial charge in [-0.15, -0.1) is 0 Å². The van der Waals surface area contributed by atoms with Crippen molar-refractivity contribution in [1.82, 2.24) is 5.32 Å². The van der Waals surface area contributed by atoms with Gasteiger partial charge >= 0.3 is 0 Å². The Hall–Kier alpha value is -2.54. The summed E-state index contributed by atoms with van der Waals surface area (Å²) in [5.74, 6) is 0.930. The smallest absolute Gasteiger partial charge is 0.208 e. The number of carbonyl (C=O) groups is 1. The molecule has 0 heterocycles. The predicted octanol–water partition coefficient (Wildman–Crippen LogP) is 2.79. The van der Waals surface area contributed by atoms with E-state index in [4.69, 9.17) is 9.47 Å². The highest BCUT2D eigenvalue weighted by atomic mass is 32.2. The Bertz CT molecular complexity index is 876. The first-order valence-corrected chi connectivity index (χ1v) is 9.68. The first kappa shape index (κ1) is 19.8. The maximum atomic E-state index is 13.1. The minimum Gasteiger partial charge on any atom is -0.496 e. The zero-order valence-corrected chi connectivity index (χ0v) is 16.1. The largest absolute Gasteiger partial charge is 0.496 e. The summed E-state index contributed by atoms with van der Waals surface area (Å²) in [5.41, 5.74) is 2.12. The normalized spacial score (nSPS) is 12.3. The first-order chi connectivity index (χ1) is 12.4. The van der Waals surface area contributed by atoms with Crippen LogP contribution in [0.25, 0.3) is 0 Å². The van der Waals surface area contributed by atoms with Gasteiger partial charge < -0.3 is 14.8 Å². The molecule has 0 aliphatic rings. The first-order valence-electron chi connectivity index (χ1n) is 8.14. The van der Waals surface area contributed by atoms with Crippen LogP contribution >= 0.6 is 0 Å². The van der Waals surface area contributed by atoms with Gasteiger partial charge in [0.25, 0.3) is 0 Å². The predicted molar refractivity (Wildman–Crippen MR) is 99.2 cm³/mol. The van der Waals surface area contributed by atoms with E-state index in [0.717, 1.165) is 11.1 Å². The Balaban J connectivity index is 2.66. The lowest BCUT2D eigenvalue weighted by Crippen LogP contribution is -2.28. The molecule has 1 amide bonds. The molecule has 2 rings (SSSR count). The number of hydrogen-bond acceptors (Lipinski definition) is 5. The molecular formula is C19H23NO5S. The van der Waals surface area contributed by atoms with Crippen LogP contribution in [0.1, 0.15) is 29.0 Å². The topological polar surface area (TPSA) is 81.7 Å². The molecule has 2 aromatic rings. The van der Waals surface area contributed by atoms with Crippen molar-refractivity contribution in [2.45, 2.75) is 30.5 Å². The van der Waals surface area contributed by atoms with Crippen LogP contribution in [0, 0.1) is 6.92 Å². The standard InChI is InChI=1S/C19H23NO5S/c1-5-14-10-16(18(25-4)11-17(14)24-3)19(20-12-21)26(22,23)15-8-6-13(2)7-9-15/h6-12,19H,5H2,1-4H3,(H,20,21). The number of hydrogen-bond donors (Lipinski definition) is 1. The number of sulfone groups is 1. The zero-order chi connectivity index (χ0) is 19.3. The molecule has 0 saturated carbocycles. The molecule has 1 N–H and O–H groups in total. The third kappa shape index (κ3) is 3.83. The van der Waals surface area contributed by atoms with Gasteiger partial charge in [0, 0.05) is 11.6 Å². The van der Waals surface area contributed by atoms with Gasteiger partial charge in [0.15, 0.2) is 5.37 Å². The van der Waals surface area contributed by atoms with E-state index in [2.05, 4.69) is 5.32 Å². The van der Waals surface area contributed by atoms with Crippen LogP contribution in [0.2, 0.25) is 0 Å². The summed E-state index contributed by atoms with van der Waals surface area (Å²) < 4.78 is 37.0. The number of methoxy groups -OCH3 is 2. The molecule has 7 heteroatoms. The van der Waals surface area contributed by atoms with Gasteiger partial charge in [0.1, 0.15) is 11.5 Å². The molecule has 0 radical (unpaired) electrons. The summed E-state index contributed by atoms with van der Waals surface area (Å²) in [4.78, 5) is 11.3. The van der Waals surface area contributed by atoms with Crippen molar-refractivity contribution in [1.29, 1.82) is 0 Å². The van der Waals surface area contributed by atoms with Crippen LogP contribution in [0.4, 0.5) is 0 Å². The summed E-state index contributed by atoms with van der Waals surface area (Å²) in [5, 5.41) is 1.16. The number of ether oxygens (including phenoxy) is 2. The Morgan fingerprint density at radius 1 is 1.08 bits per heavy atom. The lowest BCUT2D eigenvalue weighted by molar-refractivity contribution is -0.109. The Morgan fingerprint density at radius 3 is 2.19 bits per heavy atom. The van der Waals surface area contributed by atoms with Gasteiger partial charge in [-0.2, -0.15) is 0 Å². The third-order valence-corrected chi connectivity index (χ3v) is 6.12. The summed E-state index contributed by atoms with van der Waals surface area (Å²) in [6.07, 6.45) is 1.02. The molecule has 0 aromatic heterocycles. The minimum absolute atomic E-state index is 0.123. The van der Waals surface area contributed by atoms with Gasteiger partial charge in [-0.05, 0) is 37.1 Å².